The van der Waals surface area contributed by atoms with Gasteiger partial charge in [0.1, 0.15) is 0 Å². The average molecular weight is 186 g/mol. The van der Waals surface area contributed by atoms with E-state index in [-0.39, 0.29) is 0 Å². The van der Waals surface area contributed by atoms with Crippen molar-refractivity contribution in [2.45, 2.75) is 25.9 Å². The van der Waals surface area contributed by atoms with Crippen molar-refractivity contribution in [2.24, 2.45) is 0 Å². The van der Waals surface area contributed by atoms with E-state index in [2.05, 4.69) is 10.3 Å². The Hall–Kier alpha value is -1.03. The fourth-order valence-electron chi connectivity index (χ4n) is 0.857. The van der Waals surface area contributed by atoms with E-state index in [1.165, 1.54) is 6.92 Å². The van der Waals surface area contributed by atoms with Crippen LogP contribution >= 0.6 is 0 Å². The molecule has 0 aliphatic carbocycles. The third-order valence-corrected chi connectivity index (χ3v) is 1.71. The molecule has 1 aromatic heterocycles. The monoisotopic (exact) mass is 186 g/mol. The minimum absolute atomic E-state index is 0.381. The van der Waals surface area contributed by atoms with Crippen LogP contribution in [-0.2, 0) is 6.54 Å². The minimum Gasteiger partial charge on any atom is -0.303 e. The number of nitrogens with zero attached hydrogens (tertiary/aromatic N) is 1. The normalized spacial score (nSPS) is 13.2. The molecule has 2 nitrogen and oxygen atoms in total. The van der Waals surface area contributed by atoms with Gasteiger partial charge in [-0.2, -0.15) is 0 Å². The number of aromatic nitrogens is 1. The summed E-state index contributed by atoms with van der Waals surface area (Å²) < 4.78 is 24.1. The molecule has 4 heteroatoms. The second-order valence-corrected chi connectivity index (χ2v) is 2.83. The van der Waals surface area contributed by atoms with E-state index in [1.54, 1.807) is 18.3 Å². The third kappa shape index (κ3) is 3.46. The van der Waals surface area contributed by atoms with Crippen molar-refractivity contribution < 1.29 is 8.78 Å². The Morgan fingerprint density at radius 3 is 2.77 bits per heavy atom. The Kier molecular flexibility index (Phi) is 3.76. The highest BCUT2D eigenvalue weighted by Gasteiger charge is 2.12. The first-order valence-electron chi connectivity index (χ1n) is 4.11. The Bertz CT molecular complexity index is 239. The highest BCUT2D eigenvalue weighted by Crippen LogP contribution is 2.00. The van der Waals surface area contributed by atoms with E-state index < -0.39 is 12.5 Å². The lowest BCUT2D eigenvalue weighted by molar-refractivity contribution is 0.105. The van der Waals surface area contributed by atoms with Crippen LogP contribution in [0.2, 0.25) is 0 Å². The molecule has 72 valence electrons. The van der Waals surface area contributed by atoms with Crippen molar-refractivity contribution in [1.29, 1.82) is 0 Å². The fraction of sp³-hybridized carbons (Fsp3) is 0.444. The molecule has 13 heavy (non-hydrogen) atoms. The van der Waals surface area contributed by atoms with Crippen molar-refractivity contribution in [2.75, 3.05) is 0 Å². The van der Waals surface area contributed by atoms with Crippen LogP contribution in [0.4, 0.5) is 8.78 Å². The smallest absolute Gasteiger partial charge is 0.253 e. The van der Waals surface area contributed by atoms with E-state index in [0.717, 1.165) is 5.69 Å². The third-order valence-electron chi connectivity index (χ3n) is 1.71. The van der Waals surface area contributed by atoms with Gasteiger partial charge in [-0.25, -0.2) is 8.78 Å². The van der Waals surface area contributed by atoms with Gasteiger partial charge in [0.15, 0.2) is 0 Å². The van der Waals surface area contributed by atoms with Crippen LogP contribution in [-0.4, -0.2) is 17.5 Å². The Balaban J connectivity index is 2.35. The summed E-state index contributed by atoms with van der Waals surface area (Å²) in [5, 5.41) is 2.69. The lowest BCUT2D eigenvalue weighted by atomic mass is 10.3. The van der Waals surface area contributed by atoms with E-state index in [1.807, 2.05) is 6.07 Å². The molecule has 0 radical (unpaired) electrons. The molecule has 0 fully saturated rings. The first-order chi connectivity index (χ1) is 6.20. The lowest BCUT2D eigenvalue weighted by Crippen LogP contribution is -2.32. The maximum atomic E-state index is 12.0. The van der Waals surface area contributed by atoms with Crippen LogP contribution in [0.25, 0.3) is 0 Å². The number of alkyl halides is 2. The predicted octanol–water partition coefficient (Wildman–Crippen LogP) is 1.82. The molecule has 1 rings (SSSR count). The Morgan fingerprint density at radius 1 is 1.46 bits per heavy atom. The predicted molar refractivity (Wildman–Crippen MR) is 46.5 cm³/mol. The van der Waals surface area contributed by atoms with Gasteiger partial charge in [-0.15, -0.1) is 0 Å². The summed E-state index contributed by atoms with van der Waals surface area (Å²) in [5.74, 6) is 0. The molecule has 0 aliphatic rings. The van der Waals surface area contributed by atoms with Crippen molar-refractivity contribution >= 4 is 0 Å². The zero-order valence-electron chi connectivity index (χ0n) is 7.37. The molecule has 1 aromatic rings. The number of halogens is 2. The van der Waals surface area contributed by atoms with Crippen molar-refractivity contribution in [3.63, 3.8) is 0 Å². The first-order valence-corrected chi connectivity index (χ1v) is 4.11. The van der Waals surface area contributed by atoms with Gasteiger partial charge in [0.25, 0.3) is 6.43 Å². The van der Waals surface area contributed by atoms with Crippen LogP contribution < -0.4 is 5.32 Å². The summed E-state index contributed by atoms with van der Waals surface area (Å²) in [6, 6.07) is 4.63. The van der Waals surface area contributed by atoms with Gasteiger partial charge >= 0.3 is 0 Å². The van der Waals surface area contributed by atoms with Crippen molar-refractivity contribution in [3.8, 4) is 0 Å². The SMILES string of the molecule is CC(NCc1ccccn1)C(F)F. The molecule has 0 amide bonds. The molecule has 1 heterocycles. The average Bonchev–Trinajstić information content (AvgIpc) is 2.15. The second kappa shape index (κ2) is 4.87. The summed E-state index contributed by atoms with van der Waals surface area (Å²) in [6.07, 6.45) is -0.687. The number of nitrogens with one attached hydrogen (secondary N) is 1. The molecule has 0 saturated carbocycles. The molecule has 0 spiro atoms. The highest BCUT2D eigenvalue weighted by atomic mass is 19.3. The van der Waals surface area contributed by atoms with Gasteiger partial charge in [-0.05, 0) is 19.1 Å². The summed E-state index contributed by atoms with van der Waals surface area (Å²) in [4.78, 5) is 4.00. The quantitative estimate of drug-likeness (QED) is 0.775. The lowest BCUT2D eigenvalue weighted by Gasteiger charge is -2.11. The van der Waals surface area contributed by atoms with Gasteiger partial charge in [0.2, 0.25) is 0 Å². The van der Waals surface area contributed by atoms with Crippen LogP contribution in [0.3, 0.4) is 0 Å². The summed E-state index contributed by atoms with van der Waals surface area (Å²) in [5.41, 5.74) is 0.773. The molecule has 0 bridgehead atoms. The van der Waals surface area contributed by atoms with E-state index in [4.69, 9.17) is 0 Å². The van der Waals surface area contributed by atoms with Crippen LogP contribution in [0.5, 0.6) is 0 Å². The maximum Gasteiger partial charge on any atom is 0.253 e. The van der Waals surface area contributed by atoms with Gasteiger partial charge in [0, 0.05) is 12.7 Å². The fourth-order valence-corrected chi connectivity index (χ4v) is 0.857. The van der Waals surface area contributed by atoms with Crippen LogP contribution in [0.1, 0.15) is 12.6 Å². The highest BCUT2D eigenvalue weighted by molar-refractivity contribution is 5.03. The number of rotatable bonds is 4. The molecule has 0 aromatic carbocycles. The number of pyridine rings is 1. The van der Waals surface area contributed by atoms with Gasteiger partial charge in [0.05, 0.1) is 11.7 Å². The summed E-state index contributed by atoms with van der Waals surface area (Å²) in [7, 11) is 0. The van der Waals surface area contributed by atoms with Crippen molar-refractivity contribution in [3.05, 3.63) is 30.1 Å². The molecular weight excluding hydrogens is 174 g/mol. The molecule has 0 aliphatic heterocycles. The Labute approximate surface area is 76.0 Å². The van der Waals surface area contributed by atoms with E-state index in [0.29, 0.717) is 6.54 Å². The zero-order chi connectivity index (χ0) is 9.68. The van der Waals surface area contributed by atoms with Gasteiger partial charge in [-0.1, -0.05) is 6.07 Å². The Morgan fingerprint density at radius 2 is 2.23 bits per heavy atom. The standard InChI is InChI=1S/C9H12F2N2/c1-7(9(10)11)13-6-8-4-2-3-5-12-8/h2-5,7,9,13H,6H2,1H3. The zero-order valence-corrected chi connectivity index (χ0v) is 7.37. The first kappa shape index (κ1) is 10.1. The minimum atomic E-state index is -2.33. The molecule has 1 unspecified atom stereocenters. The van der Waals surface area contributed by atoms with Crippen LogP contribution in [0.15, 0.2) is 24.4 Å². The topological polar surface area (TPSA) is 24.9 Å². The van der Waals surface area contributed by atoms with Crippen LogP contribution in [0, 0.1) is 0 Å². The second-order valence-electron chi connectivity index (χ2n) is 2.83. The molecule has 0 saturated heterocycles. The number of hydrogen-bond donors (Lipinski definition) is 1. The molecule has 1 N–H and O–H groups in total. The van der Waals surface area contributed by atoms with E-state index in [9.17, 15) is 8.78 Å². The van der Waals surface area contributed by atoms with Crippen molar-refractivity contribution in [1.82, 2.24) is 10.3 Å². The molecule has 1 atom stereocenters. The van der Waals surface area contributed by atoms with Gasteiger partial charge < -0.3 is 5.32 Å². The maximum absolute atomic E-state index is 12.0. The summed E-state index contributed by atoms with van der Waals surface area (Å²) >= 11 is 0. The number of hydrogen-bond acceptors (Lipinski definition) is 2. The molecular formula is C9H12F2N2. The largest absolute Gasteiger partial charge is 0.303 e. The van der Waals surface area contributed by atoms with E-state index >= 15 is 0 Å². The summed E-state index contributed by atoms with van der Waals surface area (Å²) in [6.45, 7) is 1.83. The van der Waals surface area contributed by atoms with Gasteiger partial charge in [-0.3, -0.25) is 4.98 Å².